The van der Waals surface area contributed by atoms with Gasteiger partial charge in [0.05, 0.1) is 5.54 Å². The fourth-order valence-corrected chi connectivity index (χ4v) is 3.96. The summed E-state index contributed by atoms with van der Waals surface area (Å²) in [7, 11) is 0. The molecule has 0 bridgehead atoms. The van der Waals surface area contributed by atoms with Crippen LogP contribution in [0.3, 0.4) is 0 Å². The van der Waals surface area contributed by atoms with Crippen molar-refractivity contribution < 1.29 is 4.79 Å². The monoisotopic (exact) mass is 368 g/mol. The molecule has 24 heavy (non-hydrogen) atoms. The van der Waals surface area contributed by atoms with E-state index in [1.54, 1.807) is 0 Å². The summed E-state index contributed by atoms with van der Waals surface area (Å²) in [4.78, 5) is 12.7. The molecule has 1 saturated carbocycles. The average molecular weight is 369 g/mol. The summed E-state index contributed by atoms with van der Waals surface area (Å²) in [6, 6.07) is 7.63. The normalized spacial score (nSPS) is 19.1. The highest BCUT2D eigenvalue weighted by Crippen LogP contribution is 2.42. The lowest BCUT2D eigenvalue weighted by atomic mass is 9.76. The molecule has 2 N–H and O–H groups in total. The third-order valence-corrected chi connectivity index (χ3v) is 5.07. The molecule has 3 nitrogen and oxygen atoms in total. The Morgan fingerprint density at radius 1 is 1.21 bits per heavy atom. The van der Waals surface area contributed by atoms with E-state index in [0.717, 1.165) is 37.1 Å². The van der Waals surface area contributed by atoms with Gasteiger partial charge in [0.15, 0.2) is 0 Å². The molecule has 1 aliphatic heterocycles. The number of amides is 1. The first-order valence-electron chi connectivity index (χ1n) is 8.57. The molecule has 1 aliphatic carbocycles. The summed E-state index contributed by atoms with van der Waals surface area (Å²) in [5.41, 5.74) is 2.84. The first kappa shape index (κ1) is 19.3. The van der Waals surface area contributed by atoms with Crippen LogP contribution in [0.2, 0.25) is 5.02 Å². The van der Waals surface area contributed by atoms with Crippen molar-refractivity contribution >= 4 is 34.7 Å². The summed E-state index contributed by atoms with van der Waals surface area (Å²) in [6.07, 6.45) is 7.18. The van der Waals surface area contributed by atoms with Crippen LogP contribution in [0.25, 0.3) is 5.57 Å². The van der Waals surface area contributed by atoms with E-state index in [0.29, 0.717) is 5.02 Å². The lowest BCUT2D eigenvalue weighted by Crippen LogP contribution is -2.47. The summed E-state index contributed by atoms with van der Waals surface area (Å²) in [6.45, 7) is 3.76. The zero-order valence-corrected chi connectivity index (χ0v) is 15.9. The smallest absolute Gasteiger partial charge is 0.252 e. The quantitative estimate of drug-likeness (QED) is 0.773. The van der Waals surface area contributed by atoms with Crippen LogP contribution in [0.5, 0.6) is 0 Å². The minimum Gasteiger partial charge on any atom is -0.343 e. The number of nitrogens with one attached hydrogen (secondary N) is 2. The van der Waals surface area contributed by atoms with Gasteiger partial charge in [0.2, 0.25) is 0 Å². The van der Waals surface area contributed by atoms with Crippen LogP contribution in [-0.4, -0.2) is 30.9 Å². The Morgan fingerprint density at radius 3 is 2.54 bits per heavy atom. The molecule has 1 aromatic rings. The Labute approximate surface area is 154 Å². The molecular weight excluding hydrogens is 343 g/mol. The van der Waals surface area contributed by atoms with Gasteiger partial charge in [-0.25, -0.2) is 0 Å². The zero-order chi connectivity index (χ0) is 17.6. The van der Waals surface area contributed by atoms with Gasteiger partial charge in [-0.2, -0.15) is 0 Å². The van der Waals surface area contributed by atoms with Gasteiger partial charge >= 0.3 is 0 Å². The summed E-state index contributed by atoms with van der Waals surface area (Å²) in [5, 5.41) is 7.39. The highest BCUT2D eigenvalue weighted by molar-refractivity contribution is 6.31. The molecular formula is C19H26Cl2N2O. The number of likely N-dealkylation sites (N-methyl/N-ethyl adjacent to an activating group) is 1. The van der Waals surface area contributed by atoms with Crippen molar-refractivity contribution in [2.24, 2.45) is 0 Å². The Morgan fingerprint density at radius 2 is 1.92 bits per heavy atom. The second-order valence-electron chi connectivity index (χ2n) is 6.24. The number of carbonyl (C=O) groups excluding carboxylic acids is 1. The van der Waals surface area contributed by atoms with Gasteiger partial charge in [0, 0.05) is 23.5 Å². The fraction of sp³-hybridized carbons (Fsp3) is 0.526. The topological polar surface area (TPSA) is 41.1 Å². The number of halogens is 2. The van der Waals surface area contributed by atoms with E-state index < -0.39 is 0 Å². The van der Waals surface area contributed by atoms with Crippen LogP contribution in [0.1, 0.15) is 44.6 Å². The second-order valence-corrected chi connectivity index (χ2v) is 6.68. The third kappa shape index (κ3) is 3.96. The van der Waals surface area contributed by atoms with Gasteiger partial charge in [-0.05, 0) is 42.7 Å². The maximum absolute atomic E-state index is 12.7. The summed E-state index contributed by atoms with van der Waals surface area (Å²) in [5.74, 6) is 0.0528. The number of alkyl halides is 1. The van der Waals surface area contributed by atoms with E-state index in [9.17, 15) is 4.79 Å². The number of carbonyl (C=O) groups is 1. The van der Waals surface area contributed by atoms with E-state index in [-0.39, 0.29) is 11.4 Å². The number of rotatable bonds is 4. The molecule has 0 radical (unpaired) electrons. The fourth-order valence-electron chi connectivity index (χ4n) is 3.77. The molecule has 0 saturated heterocycles. The lowest BCUT2D eigenvalue weighted by molar-refractivity contribution is -0.116. The number of hydrogen-bond acceptors (Lipinski definition) is 2. The van der Waals surface area contributed by atoms with Crippen molar-refractivity contribution in [3.05, 3.63) is 40.4 Å². The second kappa shape index (κ2) is 8.89. The minimum absolute atomic E-state index is 0.0528. The van der Waals surface area contributed by atoms with Gasteiger partial charge in [-0.3, -0.25) is 4.79 Å². The Kier molecular flexibility index (Phi) is 7.15. The van der Waals surface area contributed by atoms with E-state index in [4.69, 9.17) is 11.6 Å². The van der Waals surface area contributed by atoms with Crippen molar-refractivity contribution in [3.8, 4) is 0 Å². The molecule has 0 aromatic heterocycles. The van der Waals surface area contributed by atoms with E-state index in [1.165, 1.54) is 31.2 Å². The van der Waals surface area contributed by atoms with Crippen LogP contribution in [-0.2, 0) is 4.79 Å². The summed E-state index contributed by atoms with van der Waals surface area (Å²) < 4.78 is 0. The van der Waals surface area contributed by atoms with Gasteiger partial charge in [-0.1, -0.05) is 49.9 Å². The molecule has 1 fully saturated rings. The Bertz CT molecular complexity index is 607. The third-order valence-electron chi connectivity index (χ3n) is 4.83. The number of hydrogen-bond donors (Lipinski definition) is 2. The van der Waals surface area contributed by atoms with Crippen molar-refractivity contribution in [1.82, 2.24) is 10.6 Å². The van der Waals surface area contributed by atoms with Crippen molar-refractivity contribution in [2.75, 3.05) is 19.5 Å². The lowest BCUT2D eigenvalue weighted by Gasteiger charge is -2.36. The predicted molar refractivity (Wildman–Crippen MR) is 103 cm³/mol. The maximum Gasteiger partial charge on any atom is 0.252 e. The largest absolute Gasteiger partial charge is 0.343 e. The highest BCUT2D eigenvalue weighted by atomic mass is 35.5. The van der Waals surface area contributed by atoms with Crippen LogP contribution < -0.4 is 10.6 Å². The molecule has 1 spiro atoms. The molecule has 0 atom stereocenters. The summed E-state index contributed by atoms with van der Waals surface area (Å²) >= 11 is 10.8. The van der Waals surface area contributed by atoms with Gasteiger partial charge in [0.25, 0.3) is 5.91 Å². The first-order chi connectivity index (χ1) is 11.7. The van der Waals surface area contributed by atoms with Gasteiger partial charge in [-0.15, -0.1) is 11.6 Å². The van der Waals surface area contributed by atoms with Crippen molar-refractivity contribution in [3.63, 3.8) is 0 Å². The number of benzene rings is 1. The maximum atomic E-state index is 12.7. The van der Waals surface area contributed by atoms with Gasteiger partial charge in [0.1, 0.15) is 0 Å². The zero-order valence-electron chi connectivity index (χ0n) is 14.4. The van der Waals surface area contributed by atoms with E-state index in [1.807, 2.05) is 24.3 Å². The Balaban J connectivity index is 0.00000100. The average Bonchev–Trinajstić information content (AvgIpc) is 2.86. The molecule has 2 aliphatic rings. The van der Waals surface area contributed by atoms with E-state index >= 15 is 0 Å². The molecule has 3 rings (SSSR count). The van der Waals surface area contributed by atoms with Crippen LogP contribution in [0.4, 0.5) is 0 Å². The predicted octanol–water partition coefficient (Wildman–Crippen LogP) is 4.39. The highest BCUT2D eigenvalue weighted by Gasteiger charge is 2.45. The standard InChI is InChI=1S/C18H23ClN2O.CH3Cl/c1-2-20-12-15-16(13-7-6-8-14(19)11-13)17(22)21-18(15)9-4-3-5-10-18;1-2/h6-8,11,20H,2-5,9-10,12H2,1H3,(H,21,22);1H3. The minimum atomic E-state index is -0.144. The van der Waals surface area contributed by atoms with Crippen molar-refractivity contribution in [1.29, 1.82) is 0 Å². The molecule has 0 unspecified atom stereocenters. The van der Waals surface area contributed by atoms with Crippen LogP contribution in [0.15, 0.2) is 29.8 Å². The molecule has 1 amide bonds. The Hall–Kier alpha value is -1.03. The van der Waals surface area contributed by atoms with E-state index in [2.05, 4.69) is 29.2 Å². The van der Waals surface area contributed by atoms with Crippen molar-refractivity contribution in [2.45, 2.75) is 44.6 Å². The van der Waals surface area contributed by atoms with Crippen LogP contribution in [0, 0.1) is 0 Å². The molecule has 1 heterocycles. The molecule has 132 valence electrons. The van der Waals surface area contributed by atoms with Gasteiger partial charge < -0.3 is 10.6 Å². The van der Waals surface area contributed by atoms with Crippen LogP contribution >= 0.6 is 23.2 Å². The SMILES string of the molecule is CCNCC1=C(c2cccc(Cl)c2)C(=O)NC12CCCCC2.CCl. The first-order valence-corrected chi connectivity index (χ1v) is 9.70. The molecule has 1 aromatic carbocycles. The molecule has 5 heteroatoms.